The lowest BCUT2D eigenvalue weighted by Crippen LogP contribution is -2.42. The number of rotatable bonds is 8. The molecule has 0 spiro atoms. The van der Waals surface area contributed by atoms with Gasteiger partial charge in [0.2, 0.25) is 5.91 Å². The van der Waals surface area contributed by atoms with Crippen molar-refractivity contribution in [2.75, 3.05) is 57.0 Å². The van der Waals surface area contributed by atoms with Gasteiger partial charge in [-0.25, -0.2) is 0 Å². The largest absolute Gasteiger partial charge is 0.372 e. The maximum Gasteiger partial charge on any atom is 0.225 e. The predicted octanol–water partition coefficient (Wildman–Crippen LogP) is 2.89. The lowest BCUT2D eigenvalue weighted by molar-refractivity contribution is -0.116. The smallest absolute Gasteiger partial charge is 0.225 e. The van der Waals surface area contributed by atoms with Gasteiger partial charge in [-0.3, -0.25) is 4.79 Å². The summed E-state index contributed by atoms with van der Waals surface area (Å²) in [4.78, 5) is 19.2. The van der Waals surface area contributed by atoms with Crippen molar-refractivity contribution in [3.63, 3.8) is 0 Å². The quantitative estimate of drug-likeness (QED) is 0.786. The van der Waals surface area contributed by atoms with Crippen molar-refractivity contribution < 1.29 is 4.79 Å². The van der Waals surface area contributed by atoms with E-state index in [1.165, 1.54) is 18.5 Å². The van der Waals surface area contributed by atoms with Gasteiger partial charge in [0.25, 0.3) is 0 Å². The van der Waals surface area contributed by atoms with Gasteiger partial charge in [-0.05, 0) is 78.1 Å². The minimum Gasteiger partial charge on any atom is -0.372 e. The van der Waals surface area contributed by atoms with Crippen LogP contribution in [0.4, 0.5) is 11.4 Å². The van der Waals surface area contributed by atoms with Crippen LogP contribution in [0.2, 0.25) is 0 Å². The Morgan fingerprint density at radius 3 is 2.32 bits per heavy atom. The molecule has 0 atom stereocenters. The van der Waals surface area contributed by atoms with E-state index in [9.17, 15) is 4.79 Å². The molecule has 1 amide bonds. The van der Waals surface area contributed by atoms with E-state index in [1.807, 2.05) is 12.1 Å². The first-order valence-corrected chi connectivity index (χ1v) is 9.57. The molecule has 1 heterocycles. The van der Waals surface area contributed by atoms with Crippen molar-refractivity contribution >= 4 is 17.3 Å². The number of benzene rings is 1. The number of hydrogen-bond acceptors (Lipinski definition) is 4. The highest BCUT2D eigenvalue weighted by molar-refractivity contribution is 5.91. The third-order valence-corrected chi connectivity index (χ3v) is 5.28. The highest BCUT2D eigenvalue weighted by Crippen LogP contribution is 2.18. The van der Waals surface area contributed by atoms with Crippen LogP contribution in [0.25, 0.3) is 0 Å². The Bertz CT molecular complexity index is 519. The fraction of sp³-hybridized carbons (Fsp3) is 0.650. The van der Waals surface area contributed by atoms with Gasteiger partial charge in [0.05, 0.1) is 0 Å². The molecule has 0 bridgehead atoms. The molecule has 0 aromatic heterocycles. The number of carbonyl (C=O) groups is 1. The average Bonchev–Trinajstić information content (AvgIpc) is 2.63. The summed E-state index contributed by atoms with van der Waals surface area (Å²) < 4.78 is 0. The van der Waals surface area contributed by atoms with E-state index in [0.29, 0.717) is 12.5 Å². The van der Waals surface area contributed by atoms with E-state index >= 15 is 0 Å². The fourth-order valence-electron chi connectivity index (χ4n) is 3.46. The second kappa shape index (κ2) is 9.78. The van der Waals surface area contributed by atoms with Crippen LogP contribution in [0.15, 0.2) is 24.3 Å². The SMILES string of the molecule is CCN(CC)c1ccc(NC(=O)CCN(C)C2CCN(C)CC2)cc1. The van der Waals surface area contributed by atoms with E-state index in [1.54, 1.807) is 0 Å². The van der Waals surface area contributed by atoms with E-state index in [2.05, 4.69) is 60.1 Å². The Hall–Kier alpha value is -1.59. The predicted molar refractivity (Wildman–Crippen MR) is 106 cm³/mol. The molecule has 1 aromatic rings. The summed E-state index contributed by atoms with van der Waals surface area (Å²) in [5.74, 6) is 0.0929. The molecule has 25 heavy (non-hydrogen) atoms. The number of hydrogen-bond donors (Lipinski definition) is 1. The number of anilines is 2. The molecule has 1 saturated heterocycles. The van der Waals surface area contributed by atoms with Crippen LogP contribution in [-0.2, 0) is 4.79 Å². The normalized spacial score (nSPS) is 16.2. The van der Waals surface area contributed by atoms with Crippen LogP contribution in [-0.4, -0.2) is 68.6 Å². The Labute approximate surface area is 153 Å². The van der Waals surface area contributed by atoms with E-state index in [0.717, 1.165) is 38.4 Å². The maximum absolute atomic E-state index is 12.2. The molecule has 140 valence electrons. The van der Waals surface area contributed by atoms with Crippen molar-refractivity contribution in [1.82, 2.24) is 9.80 Å². The molecule has 1 N–H and O–H groups in total. The molecule has 1 aliphatic heterocycles. The second-order valence-electron chi connectivity index (χ2n) is 7.03. The minimum atomic E-state index is 0.0929. The zero-order valence-corrected chi connectivity index (χ0v) is 16.3. The molecular formula is C20H34N4O. The van der Waals surface area contributed by atoms with Crippen LogP contribution < -0.4 is 10.2 Å². The van der Waals surface area contributed by atoms with Gasteiger partial charge in [-0.2, -0.15) is 0 Å². The highest BCUT2D eigenvalue weighted by atomic mass is 16.1. The van der Waals surface area contributed by atoms with Gasteiger partial charge in [0.1, 0.15) is 0 Å². The first kappa shape index (κ1) is 19.7. The second-order valence-corrected chi connectivity index (χ2v) is 7.03. The summed E-state index contributed by atoms with van der Waals surface area (Å²) in [6, 6.07) is 8.75. The maximum atomic E-state index is 12.2. The molecule has 0 aliphatic carbocycles. The van der Waals surface area contributed by atoms with Crippen molar-refractivity contribution in [3.05, 3.63) is 24.3 Å². The summed E-state index contributed by atoms with van der Waals surface area (Å²) in [6.07, 6.45) is 2.93. The Morgan fingerprint density at radius 2 is 1.76 bits per heavy atom. The number of likely N-dealkylation sites (tertiary alicyclic amines) is 1. The molecule has 2 rings (SSSR count). The summed E-state index contributed by atoms with van der Waals surface area (Å²) in [7, 11) is 4.32. The average molecular weight is 347 g/mol. The first-order valence-electron chi connectivity index (χ1n) is 9.57. The topological polar surface area (TPSA) is 38.8 Å². The molecule has 0 saturated carbocycles. The van der Waals surface area contributed by atoms with Crippen molar-refractivity contribution in [2.24, 2.45) is 0 Å². The lowest BCUT2D eigenvalue weighted by atomic mass is 10.0. The van der Waals surface area contributed by atoms with Gasteiger partial charge in [0.15, 0.2) is 0 Å². The molecule has 0 radical (unpaired) electrons. The van der Waals surface area contributed by atoms with Gasteiger partial charge in [-0.15, -0.1) is 0 Å². The zero-order chi connectivity index (χ0) is 18.2. The van der Waals surface area contributed by atoms with Gasteiger partial charge in [0, 0.05) is 43.5 Å². The van der Waals surface area contributed by atoms with Gasteiger partial charge in [-0.1, -0.05) is 0 Å². The van der Waals surface area contributed by atoms with Crippen LogP contribution in [0.5, 0.6) is 0 Å². The van der Waals surface area contributed by atoms with E-state index in [4.69, 9.17) is 0 Å². The van der Waals surface area contributed by atoms with Crippen LogP contribution in [0.3, 0.4) is 0 Å². The number of amides is 1. The summed E-state index contributed by atoms with van der Waals surface area (Å²) >= 11 is 0. The number of nitrogens with one attached hydrogen (secondary N) is 1. The molecule has 5 heteroatoms. The number of piperidine rings is 1. The van der Waals surface area contributed by atoms with Crippen LogP contribution in [0.1, 0.15) is 33.1 Å². The molecular weight excluding hydrogens is 312 g/mol. The summed E-state index contributed by atoms with van der Waals surface area (Å²) in [5.41, 5.74) is 2.08. The van der Waals surface area contributed by atoms with Crippen LogP contribution in [0, 0.1) is 0 Å². The Kier molecular flexibility index (Phi) is 7.72. The monoisotopic (exact) mass is 346 g/mol. The van der Waals surface area contributed by atoms with E-state index in [-0.39, 0.29) is 5.91 Å². The van der Waals surface area contributed by atoms with Crippen molar-refractivity contribution in [1.29, 1.82) is 0 Å². The lowest BCUT2D eigenvalue weighted by Gasteiger charge is -2.35. The third kappa shape index (κ3) is 6.01. The third-order valence-electron chi connectivity index (χ3n) is 5.28. The fourth-order valence-corrected chi connectivity index (χ4v) is 3.46. The first-order chi connectivity index (χ1) is 12.0. The number of carbonyl (C=O) groups excluding carboxylic acids is 1. The minimum absolute atomic E-state index is 0.0929. The summed E-state index contributed by atoms with van der Waals surface area (Å²) in [6.45, 7) is 9.41. The zero-order valence-electron chi connectivity index (χ0n) is 16.3. The molecule has 1 aliphatic rings. The molecule has 1 fully saturated rings. The standard InChI is InChI=1S/C20H34N4O/c1-5-24(6-2)19-9-7-17(8-10-19)21-20(25)13-16-23(4)18-11-14-22(3)15-12-18/h7-10,18H,5-6,11-16H2,1-4H3,(H,21,25). The van der Waals surface area contributed by atoms with Gasteiger partial charge < -0.3 is 20.0 Å². The Balaban J connectivity index is 1.76. The molecule has 0 unspecified atom stereocenters. The summed E-state index contributed by atoms with van der Waals surface area (Å²) in [5, 5.41) is 3.02. The van der Waals surface area contributed by atoms with Crippen molar-refractivity contribution in [2.45, 2.75) is 39.2 Å². The highest BCUT2D eigenvalue weighted by Gasteiger charge is 2.20. The van der Waals surface area contributed by atoms with Crippen molar-refractivity contribution in [3.8, 4) is 0 Å². The number of nitrogens with zero attached hydrogens (tertiary/aromatic N) is 3. The van der Waals surface area contributed by atoms with Crippen LogP contribution >= 0.6 is 0 Å². The molecule has 1 aromatic carbocycles. The Morgan fingerprint density at radius 1 is 1.16 bits per heavy atom. The van der Waals surface area contributed by atoms with Gasteiger partial charge >= 0.3 is 0 Å². The van der Waals surface area contributed by atoms with E-state index < -0.39 is 0 Å². The molecule has 5 nitrogen and oxygen atoms in total.